The highest BCUT2D eigenvalue weighted by atomic mass is 35.5. The van der Waals surface area contributed by atoms with E-state index in [0.717, 1.165) is 5.56 Å². The number of carbonyl (C=O) groups excluding carboxylic acids is 2. The number of amides is 2. The second-order valence-electron chi connectivity index (χ2n) is 6.81. The van der Waals surface area contributed by atoms with Crippen molar-refractivity contribution in [3.8, 4) is 11.5 Å². The average Bonchev–Trinajstić information content (AvgIpc) is 2.79. The van der Waals surface area contributed by atoms with Gasteiger partial charge in [-0.05, 0) is 61.5 Å². The summed E-state index contributed by atoms with van der Waals surface area (Å²) < 4.78 is 10.7. The first-order chi connectivity index (χ1) is 15.4. The van der Waals surface area contributed by atoms with Crippen LogP contribution in [0.4, 0.5) is 5.69 Å². The molecule has 0 fully saturated rings. The standard InChI is InChI=1S/C24H22ClN3O4/c1-16-3-5-17(6-4-16)24(30)28-26-14-18-13-19(25)7-12-22(18)32-15-23(29)27-20-8-10-21(31-2)11-9-20/h3-14H,15H2,1-2H3,(H,27,29)(H,28,30). The number of halogens is 1. The van der Waals surface area contributed by atoms with Gasteiger partial charge in [-0.15, -0.1) is 0 Å². The molecule has 0 unspecified atom stereocenters. The Morgan fingerprint density at radius 2 is 1.75 bits per heavy atom. The molecule has 164 valence electrons. The molecule has 0 aromatic heterocycles. The monoisotopic (exact) mass is 451 g/mol. The summed E-state index contributed by atoms with van der Waals surface area (Å²) in [6.45, 7) is 1.72. The first-order valence-electron chi connectivity index (χ1n) is 9.71. The molecule has 0 heterocycles. The Balaban J connectivity index is 1.60. The van der Waals surface area contributed by atoms with Crippen molar-refractivity contribution in [3.63, 3.8) is 0 Å². The topological polar surface area (TPSA) is 89.0 Å². The largest absolute Gasteiger partial charge is 0.497 e. The van der Waals surface area contributed by atoms with Crippen molar-refractivity contribution < 1.29 is 19.1 Å². The zero-order valence-corrected chi connectivity index (χ0v) is 18.3. The molecule has 0 aliphatic carbocycles. The van der Waals surface area contributed by atoms with Crippen LogP contribution in [-0.2, 0) is 4.79 Å². The van der Waals surface area contributed by atoms with Crippen molar-refractivity contribution in [1.82, 2.24) is 5.43 Å². The molecule has 0 saturated carbocycles. The predicted octanol–water partition coefficient (Wildman–Crippen LogP) is 4.44. The van der Waals surface area contributed by atoms with Gasteiger partial charge in [-0.1, -0.05) is 29.3 Å². The molecule has 0 spiro atoms. The van der Waals surface area contributed by atoms with Crippen LogP contribution in [0.25, 0.3) is 0 Å². The van der Waals surface area contributed by atoms with Gasteiger partial charge in [0.1, 0.15) is 11.5 Å². The maximum Gasteiger partial charge on any atom is 0.271 e. The highest BCUT2D eigenvalue weighted by Gasteiger charge is 2.08. The van der Waals surface area contributed by atoms with Crippen LogP contribution in [0.1, 0.15) is 21.5 Å². The van der Waals surface area contributed by atoms with Crippen LogP contribution >= 0.6 is 11.6 Å². The van der Waals surface area contributed by atoms with Gasteiger partial charge in [-0.2, -0.15) is 5.10 Å². The number of aryl methyl sites for hydroxylation is 1. The number of ether oxygens (including phenoxy) is 2. The summed E-state index contributed by atoms with van der Waals surface area (Å²) in [5, 5.41) is 7.18. The number of rotatable bonds is 8. The third-order valence-corrected chi connectivity index (χ3v) is 4.62. The van der Waals surface area contributed by atoms with Crippen LogP contribution in [0.3, 0.4) is 0 Å². The molecule has 8 heteroatoms. The molecule has 3 aromatic carbocycles. The molecule has 0 atom stereocenters. The summed E-state index contributed by atoms with van der Waals surface area (Å²) in [4.78, 5) is 24.4. The van der Waals surface area contributed by atoms with Crippen molar-refractivity contribution in [2.24, 2.45) is 5.10 Å². The maximum absolute atomic E-state index is 12.2. The van der Waals surface area contributed by atoms with Crippen molar-refractivity contribution >= 4 is 35.3 Å². The minimum Gasteiger partial charge on any atom is -0.497 e. The summed E-state index contributed by atoms with van der Waals surface area (Å²) in [5.74, 6) is 0.414. The molecule has 3 rings (SSSR count). The number of carbonyl (C=O) groups is 2. The summed E-state index contributed by atoms with van der Waals surface area (Å²) >= 11 is 6.07. The third-order valence-electron chi connectivity index (χ3n) is 4.39. The van der Waals surface area contributed by atoms with Crippen molar-refractivity contribution in [2.45, 2.75) is 6.92 Å². The van der Waals surface area contributed by atoms with E-state index >= 15 is 0 Å². The van der Waals surface area contributed by atoms with E-state index in [1.54, 1.807) is 61.7 Å². The first-order valence-corrected chi connectivity index (χ1v) is 10.1. The average molecular weight is 452 g/mol. The molecule has 32 heavy (non-hydrogen) atoms. The number of hydrogen-bond donors (Lipinski definition) is 2. The Kier molecular flexibility index (Phi) is 7.83. The molecule has 0 aliphatic rings. The van der Waals surface area contributed by atoms with E-state index in [1.807, 2.05) is 19.1 Å². The smallest absolute Gasteiger partial charge is 0.271 e. The molecule has 2 N–H and O–H groups in total. The van der Waals surface area contributed by atoms with Crippen LogP contribution in [0.5, 0.6) is 11.5 Å². The van der Waals surface area contributed by atoms with E-state index in [0.29, 0.717) is 33.3 Å². The molecule has 0 bridgehead atoms. The fraction of sp³-hybridized carbons (Fsp3) is 0.125. The minimum atomic E-state index is -0.343. The summed E-state index contributed by atoms with van der Waals surface area (Å²) in [5.41, 5.74) is 5.15. The van der Waals surface area contributed by atoms with E-state index in [1.165, 1.54) is 6.21 Å². The Morgan fingerprint density at radius 1 is 1.03 bits per heavy atom. The Labute approximate surface area is 191 Å². The fourth-order valence-electron chi connectivity index (χ4n) is 2.70. The number of hydrogen-bond acceptors (Lipinski definition) is 5. The van der Waals surface area contributed by atoms with Gasteiger partial charge in [0.05, 0.1) is 13.3 Å². The van der Waals surface area contributed by atoms with Gasteiger partial charge in [0.2, 0.25) is 0 Å². The van der Waals surface area contributed by atoms with Gasteiger partial charge in [-0.25, -0.2) is 5.43 Å². The number of nitrogens with zero attached hydrogens (tertiary/aromatic N) is 1. The normalized spacial score (nSPS) is 10.6. The second kappa shape index (κ2) is 11.0. The van der Waals surface area contributed by atoms with Crippen LogP contribution in [-0.4, -0.2) is 31.7 Å². The van der Waals surface area contributed by atoms with Crippen LogP contribution < -0.4 is 20.2 Å². The van der Waals surface area contributed by atoms with Gasteiger partial charge in [0, 0.05) is 21.8 Å². The minimum absolute atomic E-state index is 0.218. The van der Waals surface area contributed by atoms with Gasteiger partial charge >= 0.3 is 0 Å². The quantitative estimate of drug-likeness (QED) is 0.391. The third kappa shape index (κ3) is 6.58. The van der Waals surface area contributed by atoms with Gasteiger partial charge < -0.3 is 14.8 Å². The highest BCUT2D eigenvalue weighted by Crippen LogP contribution is 2.22. The summed E-state index contributed by atoms with van der Waals surface area (Å²) in [6, 6.07) is 19.0. The first kappa shape index (κ1) is 22.8. The molecule has 7 nitrogen and oxygen atoms in total. The maximum atomic E-state index is 12.2. The lowest BCUT2D eigenvalue weighted by Gasteiger charge is -2.10. The Hall–Kier alpha value is -3.84. The zero-order chi connectivity index (χ0) is 22.9. The molecule has 3 aromatic rings. The Morgan fingerprint density at radius 3 is 2.44 bits per heavy atom. The summed E-state index contributed by atoms with van der Waals surface area (Å²) in [6.07, 6.45) is 1.41. The van der Waals surface area contributed by atoms with E-state index < -0.39 is 0 Å². The molecular formula is C24H22ClN3O4. The van der Waals surface area contributed by atoms with Crippen molar-refractivity contribution in [3.05, 3.63) is 88.4 Å². The van der Waals surface area contributed by atoms with E-state index in [4.69, 9.17) is 21.1 Å². The number of nitrogens with one attached hydrogen (secondary N) is 2. The molecule has 0 aliphatic heterocycles. The van der Waals surface area contributed by atoms with Gasteiger partial charge in [0.25, 0.3) is 11.8 Å². The fourth-order valence-corrected chi connectivity index (χ4v) is 2.88. The lowest BCUT2D eigenvalue weighted by Crippen LogP contribution is -2.20. The van der Waals surface area contributed by atoms with E-state index in [9.17, 15) is 9.59 Å². The van der Waals surface area contributed by atoms with Crippen LogP contribution in [0.2, 0.25) is 5.02 Å². The molecular weight excluding hydrogens is 430 g/mol. The predicted molar refractivity (Wildman–Crippen MR) is 125 cm³/mol. The van der Waals surface area contributed by atoms with Crippen molar-refractivity contribution in [2.75, 3.05) is 19.0 Å². The Bertz CT molecular complexity index is 1110. The number of anilines is 1. The zero-order valence-electron chi connectivity index (χ0n) is 17.6. The number of benzene rings is 3. The second-order valence-corrected chi connectivity index (χ2v) is 7.25. The molecule has 2 amide bonds. The van der Waals surface area contributed by atoms with Crippen molar-refractivity contribution in [1.29, 1.82) is 0 Å². The van der Waals surface area contributed by atoms with E-state index in [-0.39, 0.29) is 18.4 Å². The highest BCUT2D eigenvalue weighted by molar-refractivity contribution is 6.30. The molecule has 0 saturated heterocycles. The lowest BCUT2D eigenvalue weighted by molar-refractivity contribution is -0.118. The van der Waals surface area contributed by atoms with Crippen LogP contribution in [0.15, 0.2) is 71.8 Å². The van der Waals surface area contributed by atoms with Gasteiger partial charge in [-0.3, -0.25) is 9.59 Å². The SMILES string of the molecule is COc1ccc(NC(=O)COc2ccc(Cl)cc2C=NNC(=O)c2ccc(C)cc2)cc1. The number of methoxy groups -OCH3 is 1. The van der Waals surface area contributed by atoms with Crippen LogP contribution in [0, 0.1) is 6.92 Å². The lowest BCUT2D eigenvalue weighted by atomic mass is 10.1. The van der Waals surface area contributed by atoms with E-state index in [2.05, 4.69) is 15.8 Å². The number of hydrazone groups is 1. The molecule has 0 radical (unpaired) electrons. The van der Waals surface area contributed by atoms with Gasteiger partial charge in [0.15, 0.2) is 6.61 Å². The summed E-state index contributed by atoms with van der Waals surface area (Å²) in [7, 11) is 1.57.